The number of imidazole rings is 1. The predicted molar refractivity (Wildman–Crippen MR) is 125 cm³/mol. The van der Waals surface area contributed by atoms with Gasteiger partial charge in [-0.3, -0.25) is 4.90 Å². The molecule has 0 radical (unpaired) electrons. The molecule has 1 amide bonds. The Bertz CT molecular complexity index is 999. The minimum Gasteiger partial charge on any atom is -0.444 e. The summed E-state index contributed by atoms with van der Waals surface area (Å²) < 4.78 is 31.9. The smallest absolute Gasteiger partial charge is 0.444 e. The summed E-state index contributed by atoms with van der Waals surface area (Å²) in [6.45, 7) is 13.5. The fraction of sp³-hybridized carbons (Fsp3) is 0.583. The molecule has 2 aromatic rings. The summed E-state index contributed by atoms with van der Waals surface area (Å²) in [6, 6.07) is 7.35. The molecule has 4 rings (SSSR count). The van der Waals surface area contributed by atoms with E-state index in [4.69, 9.17) is 14.0 Å². The third kappa shape index (κ3) is 4.80. The van der Waals surface area contributed by atoms with E-state index >= 15 is 0 Å². The molecule has 0 unspecified atom stereocenters. The van der Waals surface area contributed by atoms with Gasteiger partial charge in [0.25, 0.3) is 0 Å². The molecule has 2 aliphatic heterocycles. The molecule has 7 nitrogen and oxygen atoms in total. The summed E-state index contributed by atoms with van der Waals surface area (Å²) in [5.41, 5.74) is 1.10. The second-order valence-electron chi connectivity index (χ2n) is 10.9. The Kier molecular flexibility index (Phi) is 5.85. The molecular formula is C24H33BFN3O4. The third-order valence-corrected chi connectivity index (χ3v) is 6.52. The number of hydrogen-bond acceptors (Lipinski definition) is 5. The molecule has 1 aromatic carbocycles. The van der Waals surface area contributed by atoms with Crippen LogP contribution in [-0.4, -0.2) is 57.6 Å². The molecule has 2 saturated heterocycles. The number of H-pyrrole nitrogens is 1. The van der Waals surface area contributed by atoms with Crippen molar-refractivity contribution in [1.29, 1.82) is 0 Å². The van der Waals surface area contributed by atoms with Crippen molar-refractivity contribution >= 4 is 18.7 Å². The number of ether oxygens (including phenoxy) is 1. The van der Waals surface area contributed by atoms with Crippen LogP contribution in [0.2, 0.25) is 0 Å². The quantitative estimate of drug-likeness (QED) is 0.692. The van der Waals surface area contributed by atoms with Gasteiger partial charge in [-0.15, -0.1) is 0 Å². The van der Waals surface area contributed by atoms with Crippen molar-refractivity contribution in [3.63, 3.8) is 0 Å². The number of carbonyl (C=O) groups is 1. The topological polar surface area (TPSA) is 76.7 Å². The number of nitrogens with one attached hydrogen (secondary N) is 1. The van der Waals surface area contributed by atoms with Gasteiger partial charge in [-0.1, -0.05) is 24.3 Å². The summed E-state index contributed by atoms with van der Waals surface area (Å²) in [4.78, 5) is 21.8. The number of likely N-dealkylation sites (tertiary alicyclic amines) is 1. The maximum atomic E-state index is 14.2. The van der Waals surface area contributed by atoms with Crippen LogP contribution < -0.4 is 5.46 Å². The Hall–Kier alpha value is -2.39. The van der Waals surface area contributed by atoms with Crippen molar-refractivity contribution in [1.82, 2.24) is 14.9 Å². The van der Waals surface area contributed by atoms with Crippen LogP contribution in [0.5, 0.6) is 0 Å². The van der Waals surface area contributed by atoms with Crippen molar-refractivity contribution in [2.24, 2.45) is 0 Å². The number of aromatic nitrogens is 2. The fourth-order valence-electron chi connectivity index (χ4n) is 4.01. The lowest BCUT2D eigenvalue weighted by Crippen LogP contribution is -2.41. The monoisotopic (exact) mass is 457 g/mol. The normalized spacial score (nSPS) is 24.4. The van der Waals surface area contributed by atoms with E-state index in [2.05, 4.69) is 9.97 Å². The number of rotatable bonds is 3. The van der Waals surface area contributed by atoms with Crippen LogP contribution in [0.15, 0.2) is 30.5 Å². The minimum absolute atomic E-state index is 0.00159. The fourth-order valence-corrected chi connectivity index (χ4v) is 4.01. The second kappa shape index (κ2) is 8.13. The number of halogens is 1. The van der Waals surface area contributed by atoms with Crippen molar-refractivity contribution in [3.8, 4) is 11.3 Å². The summed E-state index contributed by atoms with van der Waals surface area (Å²) in [7, 11) is -0.429. The van der Waals surface area contributed by atoms with Crippen LogP contribution in [0.25, 0.3) is 11.3 Å². The van der Waals surface area contributed by atoms with Gasteiger partial charge in [-0.05, 0) is 53.9 Å². The molecule has 3 heterocycles. The Morgan fingerprint density at radius 1 is 1.18 bits per heavy atom. The van der Waals surface area contributed by atoms with Crippen LogP contribution >= 0.6 is 0 Å². The van der Waals surface area contributed by atoms with Crippen molar-refractivity contribution in [2.45, 2.75) is 83.9 Å². The molecule has 0 bridgehead atoms. The van der Waals surface area contributed by atoms with Gasteiger partial charge in [0, 0.05) is 18.2 Å². The second-order valence-corrected chi connectivity index (χ2v) is 10.9. The first-order valence-corrected chi connectivity index (χ1v) is 11.4. The maximum absolute atomic E-state index is 14.2. The molecule has 0 saturated carbocycles. The van der Waals surface area contributed by atoms with Gasteiger partial charge in [0.1, 0.15) is 17.6 Å². The van der Waals surface area contributed by atoms with E-state index in [1.54, 1.807) is 27.0 Å². The van der Waals surface area contributed by atoms with Gasteiger partial charge >= 0.3 is 13.2 Å². The van der Waals surface area contributed by atoms with Gasteiger partial charge in [0.15, 0.2) is 0 Å². The SMILES string of the molecule is CC(C)(C)OC(=O)N1C[C@@H](F)C[C@H]1c1nc(-c2ccc(B3OC(C)(C)C(C)(C)O3)cc2)c[nH]1. The first-order valence-electron chi connectivity index (χ1n) is 11.4. The number of alkyl halides is 1. The molecule has 9 heteroatoms. The standard InChI is InChI=1S/C24H33BFN3O4/c1-22(2,3)31-21(30)29-14-17(26)12-19(29)20-27-13-18(28-20)15-8-10-16(11-9-15)25-32-23(4,5)24(6,7)33-25/h8-11,13,17,19H,12,14H2,1-7H3,(H,27,28)/t17-,19-/m0/s1. The van der Waals surface area contributed by atoms with E-state index in [9.17, 15) is 9.18 Å². The molecule has 0 spiro atoms. The lowest BCUT2D eigenvalue weighted by Gasteiger charge is -2.32. The number of benzene rings is 1. The molecular weight excluding hydrogens is 424 g/mol. The van der Waals surface area contributed by atoms with E-state index < -0.39 is 42.2 Å². The molecule has 2 fully saturated rings. The largest absolute Gasteiger partial charge is 0.494 e. The van der Waals surface area contributed by atoms with Gasteiger partial charge in [0.2, 0.25) is 0 Å². The first kappa shape index (κ1) is 23.8. The number of amides is 1. The highest BCUT2D eigenvalue weighted by Gasteiger charge is 2.51. The molecule has 33 heavy (non-hydrogen) atoms. The highest BCUT2D eigenvalue weighted by molar-refractivity contribution is 6.62. The van der Waals surface area contributed by atoms with E-state index in [0.717, 1.165) is 16.7 Å². The van der Waals surface area contributed by atoms with E-state index in [1.165, 1.54) is 4.90 Å². The summed E-state index contributed by atoms with van der Waals surface area (Å²) in [6.07, 6.45) is 0.318. The van der Waals surface area contributed by atoms with E-state index in [1.807, 2.05) is 52.0 Å². The van der Waals surface area contributed by atoms with Crippen molar-refractivity contribution in [2.75, 3.05) is 6.54 Å². The minimum atomic E-state index is -1.12. The average Bonchev–Trinajstić information content (AvgIpc) is 3.37. The molecule has 1 N–H and O–H groups in total. The summed E-state index contributed by atoms with van der Waals surface area (Å²) in [5.74, 6) is 0.547. The zero-order valence-corrected chi connectivity index (χ0v) is 20.4. The highest BCUT2D eigenvalue weighted by Crippen LogP contribution is 2.37. The lowest BCUT2D eigenvalue weighted by molar-refractivity contribution is 0.00578. The Morgan fingerprint density at radius 3 is 2.36 bits per heavy atom. The van der Waals surface area contributed by atoms with Crippen LogP contribution in [0.3, 0.4) is 0 Å². The molecule has 0 aliphatic carbocycles. The zero-order chi connectivity index (χ0) is 24.2. The number of carbonyl (C=O) groups excluding carboxylic acids is 1. The highest BCUT2D eigenvalue weighted by atomic mass is 19.1. The average molecular weight is 457 g/mol. The number of aromatic amines is 1. The van der Waals surface area contributed by atoms with Gasteiger partial charge in [0.05, 0.1) is 29.5 Å². The molecule has 1 aromatic heterocycles. The van der Waals surface area contributed by atoms with Crippen LogP contribution in [0.1, 0.15) is 66.8 Å². The Morgan fingerprint density at radius 2 is 1.79 bits per heavy atom. The van der Waals surface area contributed by atoms with E-state index in [-0.39, 0.29) is 13.0 Å². The third-order valence-electron chi connectivity index (χ3n) is 6.52. The lowest BCUT2D eigenvalue weighted by atomic mass is 9.79. The maximum Gasteiger partial charge on any atom is 0.494 e. The zero-order valence-electron chi connectivity index (χ0n) is 20.4. The molecule has 2 aliphatic rings. The predicted octanol–water partition coefficient (Wildman–Crippen LogP) is 4.40. The Balaban J connectivity index is 1.50. The van der Waals surface area contributed by atoms with Gasteiger partial charge < -0.3 is 19.0 Å². The summed E-state index contributed by atoms with van der Waals surface area (Å²) in [5, 5.41) is 0. The molecule has 2 atom stereocenters. The van der Waals surface area contributed by atoms with Crippen LogP contribution in [0.4, 0.5) is 9.18 Å². The van der Waals surface area contributed by atoms with E-state index in [0.29, 0.717) is 5.82 Å². The molecule has 178 valence electrons. The van der Waals surface area contributed by atoms with Crippen LogP contribution in [0, 0.1) is 0 Å². The number of hydrogen-bond donors (Lipinski definition) is 1. The van der Waals surface area contributed by atoms with Gasteiger partial charge in [-0.2, -0.15) is 0 Å². The van der Waals surface area contributed by atoms with Crippen LogP contribution in [-0.2, 0) is 14.0 Å². The first-order chi connectivity index (χ1) is 15.3. The van der Waals surface area contributed by atoms with Crippen molar-refractivity contribution < 1.29 is 23.2 Å². The summed E-state index contributed by atoms with van der Waals surface area (Å²) >= 11 is 0. The Labute approximate surface area is 195 Å². The number of nitrogens with zero attached hydrogens (tertiary/aromatic N) is 2. The van der Waals surface area contributed by atoms with Gasteiger partial charge in [-0.25, -0.2) is 14.2 Å². The van der Waals surface area contributed by atoms with Crippen molar-refractivity contribution in [3.05, 3.63) is 36.3 Å².